The fourth-order valence-electron chi connectivity index (χ4n) is 2.57. The molecule has 0 heterocycles. The van der Waals surface area contributed by atoms with Gasteiger partial charge in [-0.2, -0.15) is 0 Å². The molecule has 1 saturated carbocycles. The van der Waals surface area contributed by atoms with Crippen molar-refractivity contribution in [2.24, 2.45) is 0 Å². The number of hydrogen-bond acceptors (Lipinski definition) is 2. The topological polar surface area (TPSA) is 40.5 Å². The van der Waals surface area contributed by atoms with Crippen LogP contribution in [0.3, 0.4) is 0 Å². The zero-order valence-electron chi connectivity index (χ0n) is 10.6. The Balaban J connectivity index is 2.20. The van der Waals surface area contributed by atoms with Crippen LogP contribution < -0.4 is 0 Å². The first-order valence-electron chi connectivity index (χ1n) is 6.49. The van der Waals surface area contributed by atoms with E-state index in [1.54, 1.807) is 12.1 Å². The predicted molar refractivity (Wildman–Crippen MR) is 79.8 cm³/mol. The smallest absolute Gasteiger partial charge is 0.254 e. The van der Waals surface area contributed by atoms with Gasteiger partial charge in [0.25, 0.3) is 5.91 Å². The maximum absolute atomic E-state index is 12.5. The van der Waals surface area contributed by atoms with Gasteiger partial charge in [0, 0.05) is 24.0 Å². The van der Waals surface area contributed by atoms with Crippen LogP contribution in [0.2, 0.25) is 0 Å². The molecule has 1 aromatic carbocycles. The van der Waals surface area contributed by atoms with Gasteiger partial charge in [0.15, 0.2) is 0 Å². The molecular formula is C14H17BrClNO2. The Morgan fingerprint density at radius 2 is 2.11 bits per heavy atom. The lowest BCUT2D eigenvalue weighted by Gasteiger charge is -2.28. The normalized spacial score (nSPS) is 15.7. The number of carbonyl (C=O) groups is 1. The van der Waals surface area contributed by atoms with Crippen molar-refractivity contribution in [3.63, 3.8) is 0 Å². The lowest BCUT2D eigenvalue weighted by molar-refractivity contribution is 0.0694. The number of aromatic hydroxyl groups is 1. The molecule has 0 bridgehead atoms. The molecule has 5 heteroatoms. The molecule has 0 saturated heterocycles. The molecule has 1 aromatic rings. The van der Waals surface area contributed by atoms with Crippen molar-refractivity contribution in [1.82, 2.24) is 4.90 Å². The molecule has 104 valence electrons. The van der Waals surface area contributed by atoms with Crippen LogP contribution in [0, 0.1) is 0 Å². The van der Waals surface area contributed by atoms with E-state index in [4.69, 9.17) is 11.6 Å². The average Bonchev–Trinajstić information content (AvgIpc) is 2.92. The van der Waals surface area contributed by atoms with E-state index in [1.165, 1.54) is 18.9 Å². The van der Waals surface area contributed by atoms with Crippen LogP contribution in [0.4, 0.5) is 0 Å². The molecule has 0 atom stereocenters. The minimum Gasteiger partial charge on any atom is -0.507 e. The SMILES string of the molecule is O=C(c1ccc(Br)c(O)c1)N(CCCl)C1CCCC1. The number of phenolic OH excluding ortho intramolecular Hbond substituents is 1. The Kier molecular flexibility index (Phi) is 5.11. The first-order chi connectivity index (χ1) is 9.13. The number of alkyl halides is 1. The van der Waals surface area contributed by atoms with Crippen molar-refractivity contribution in [3.05, 3.63) is 28.2 Å². The minimum absolute atomic E-state index is 0.0460. The van der Waals surface area contributed by atoms with Crippen LogP contribution in [0.1, 0.15) is 36.0 Å². The van der Waals surface area contributed by atoms with Gasteiger partial charge in [-0.05, 0) is 47.0 Å². The number of carbonyl (C=O) groups excluding carboxylic acids is 1. The second-order valence-electron chi connectivity index (χ2n) is 4.79. The molecular weight excluding hydrogens is 330 g/mol. The Morgan fingerprint density at radius 3 is 2.68 bits per heavy atom. The molecule has 3 nitrogen and oxygen atoms in total. The van der Waals surface area contributed by atoms with E-state index in [0.717, 1.165) is 12.8 Å². The number of halogens is 2. The summed E-state index contributed by atoms with van der Waals surface area (Å²) in [7, 11) is 0. The van der Waals surface area contributed by atoms with Gasteiger partial charge in [-0.25, -0.2) is 0 Å². The maximum atomic E-state index is 12.5. The summed E-state index contributed by atoms with van der Waals surface area (Å²) in [5, 5.41) is 9.68. The molecule has 1 N–H and O–H groups in total. The zero-order valence-corrected chi connectivity index (χ0v) is 13.0. The maximum Gasteiger partial charge on any atom is 0.254 e. The third-order valence-corrected chi connectivity index (χ3v) is 4.38. The summed E-state index contributed by atoms with van der Waals surface area (Å²) in [6, 6.07) is 5.21. The lowest BCUT2D eigenvalue weighted by atomic mass is 10.1. The van der Waals surface area contributed by atoms with E-state index in [9.17, 15) is 9.90 Å². The second-order valence-corrected chi connectivity index (χ2v) is 6.02. The van der Waals surface area contributed by atoms with Crippen LogP contribution in [0.15, 0.2) is 22.7 Å². The summed E-state index contributed by atoms with van der Waals surface area (Å²) in [6.07, 6.45) is 4.43. The van der Waals surface area contributed by atoms with Gasteiger partial charge >= 0.3 is 0 Å². The molecule has 1 amide bonds. The second kappa shape index (κ2) is 6.62. The van der Waals surface area contributed by atoms with Gasteiger partial charge in [0.2, 0.25) is 0 Å². The molecule has 1 aliphatic carbocycles. The number of hydrogen-bond donors (Lipinski definition) is 1. The van der Waals surface area contributed by atoms with Gasteiger partial charge in [0.05, 0.1) is 4.47 Å². The molecule has 0 unspecified atom stereocenters. The highest BCUT2D eigenvalue weighted by molar-refractivity contribution is 9.10. The van der Waals surface area contributed by atoms with Crippen LogP contribution >= 0.6 is 27.5 Å². The average molecular weight is 347 g/mol. The van der Waals surface area contributed by atoms with E-state index < -0.39 is 0 Å². The number of benzene rings is 1. The highest BCUT2D eigenvalue weighted by atomic mass is 79.9. The van der Waals surface area contributed by atoms with Gasteiger partial charge in [0.1, 0.15) is 5.75 Å². The highest BCUT2D eigenvalue weighted by Crippen LogP contribution is 2.28. The quantitative estimate of drug-likeness (QED) is 0.843. The van der Waals surface area contributed by atoms with Crippen molar-refractivity contribution in [1.29, 1.82) is 0 Å². The van der Waals surface area contributed by atoms with Crippen molar-refractivity contribution in [2.75, 3.05) is 12.4 Å². The number of amides is 1. The van der Waals surface area contributed by atoms with E-state index in [1.807, 2.05) is 4.90 Å². The van der Waals surface area contributed by atoms with E-state index >= 15 is 0 Å². The molecule has 0 aromatic heterocycles. The van der Waals surface area contributed by atoms with Crippen molar-refractivity contribution >= 4 is 33.4 Å². The molecule has 1 fully saturated rings. The summed E-state index contributed by atoms with van der Waals surface area (Å²) in [4.78, 5) is 14.4. The molecule has 0 aliphatic heterocycles. The fraction of sp³-hybridized carbons (Fsp3) is 0.500. The van der Waals surface area contributed by atoms with Crippen LogP contribution in [0.5, 0.6) is 5.75 Å². The third kappa shape index (κ3) is 3.42. The summed E-state index contributed by atoms with van der Waals surface area (Å²) in [6.45, 7) is 0.557. The number of rotatable bonds is 4. The van der Waals surface area contributed by atoms with Crippen LogP contribution in [0.25, 0.3) is 0 Å². The van der Waals surface area contributed by atoms with E-state index in [2.05, 4.69) is 15.9 Å². The zero-order chi connectivity index (χ0) is 13.8. The first-order valence-corrected chi connectivity index (χ1v) is 7.81. The fourth-order valence-corrected chi connectivity index (χ4v) is 3.00. The van der Waals surface area contributed by atoms with Gasteiger partial charge in [-0.3, -0.25) is 4.79 Å². The van der Waals surface area contributed by atoms with E-state index in [0.29, 0.717) is 22.5 Å². The first kappa shape index (κ1) is 14.7. The predicted octanol–water partition coefficient (Wildman–Crippen LogP) is 3.78. The van der Waals surface area contributed by atoms with Gasteiger partial charge in [-0.1, -0.05) is 12.8 Å². The molecule has 0 spiro atoms. The standard InChI is InChI=1S/C14H17BrClNO2/c15-12-6-5-10(9-13(12)18)14(19)17(8-7-16)11-3-1-2-4-11/h5-6,9,11,18H,1-4,7-8H2. The summed E-state index contributed by atoms with van der Waals surface area (Å²) >= 11 is 9.03. The third-order valence-electron chi connectivity index (χ3n) is 3.54. The van der Waals surface area contributed by atoms with Gasteiger partial charge in [-0.15, -0.1) is 11.6 Å². The Morgan fingerprint density at radius 1 is 1.42 bits per heavy atom. The number of nitrogens with zero attached hydrogens (tertiary/aromatic N) is 1. The summed E-state index contributed by atoms with van der Waals surface area (Å²) in [5.41, 5.74) is 0.512. The van der Waals surface area contributed by atoms with Gasteiger partial charge < -0.3 is 10.0 Å². The minimum atomic E-state index is -0.0460. The largest absolute Gasteiger partial charge is 0.507 e. The Labute approximate surface area is 126 Å². The monoisotopic (exact) mass is 345 g/mol. The Hall–Kier alpha value is -0.740. The molecule has 19 heavy (non-hydrogen) atoms. The summed E-state index contributed by atoms with van der Waals surface area (Å²) < 4.78 is 0.591. The molecule has 1 aliphatic rings. The highest BCUT2D eigenvalue weighted by Gasteiger charge is 2.27. The Bertz CT molecular complexity index is 461. The van der Waals surface area contributed by atoms with E-state index in [-0.39, 0.29) is 17.7 Å². The molecule has 0 radical (unpaired) electrons. The van der Waals surface area contributed by atoms with Crippen LogP contribution in [-0.2, 0) is 0 Å². The summed E-state index contributed by atoms with van der Waals surface area (Å²) in [5.74, 6) is 0.475. The lowest BCUT2D eigenvalue weighted by Crippen LogP contribution is -2.40. The molecule has 2 rings (SSSR count). The van der Waals surface area contributed by atoms with Crippen molar-refractivity contribution < 1.29 is 9.90 Å². The van der Waals surface area contributed by atoms with Crippen LogP contribution in [-0.4, -0.2) is 34.4 Å². The number of phenols is 1. The van der Waals surface area contributed by atoms with Crippen molar-refractivity contribution in [2.45, 2.75) is 31.7 Å². The van der Waals surface area contributed by atoms with Crippen molar-refractivity contribution in [3.8, 4) is 5.75 Å².